The number of esters is 1. The molecular weight excluding hydrogens is 250 g/mol. The van der Waals surface area contributed by atoms with E-state index >= 15 is 0 Å². The fourth-order valence-corrected chi connectivity index (χ4v) is 1.66. The second-order valence-electron chi connectivity index (χ2n) is 4.02. The summed E-state index contributed by atoms with van der Waals surface area (Å²) in [6.07, 6.45) is 0. The standard InChI is InChI=1S/C17H15NO2/c1-2-20-17(19)16(14-9-5-3-6-10-14)13-18-15-11-7-4-8-12-15/h3-12H,2H2,1H3. The lowest BCUT2D eigenvalue weighted by molar-refractivity contribution is -0.135. The quantitative estimate of drug-likeness (QED) is 0.481. The number of aliphatic imine (C=N–C) groups is 1. The molecule has 0 spiro atoms. The van der Waals surface area contributed by atoms with Gasteiger partial charge in [0.2, 0.25) is 0 Å². The summed E-state index contributed by atoms with van der Waals surface area (Å²) in [4.78, 5) is 16.2. The number of carbonyl (C=O) groups is 1. The van der Waals surface area contributed by atoms with Crippen LogP contribution in [0.5, 0.6) is 0 Å². The van der Waals surface area contributed by atoms with Gasteiger partial charge in [0.05, 0.1) is 12.3 Å². The third kappa shape index (κ3) is 3.67. The smallest absolute Gasteiger partial charge is 0.348 e. The number of para-hydroxylation sites is 1. The van der Waals surface area contributed by atoms with Crippen molar-refractivity contribution in [3.05, 3.63) is 66.2 Å². The Bertz CT molecular complexity index is 627. The Morgan fingerprint density at radius 2 is 1.65 bits per heavy atom. The number of benzene rings is 2. The molecule has 0 aliphatic rings. The Morgan fingerprint density at radius 1 is 1.05 bits per heavy atom. The highest BCUT2D eigenvalue weighted by Gasteiger charge is 2.12. The molecule has 0 aromatic heterocycles. The molecule has 0 heterocycles. The van der Waals surface area contributed by atoms with Crippen molar-refractivity contribution in [3.63, 3.8) is 0 Å². The third-order valence-electron chi connectivity index (χ3n) is 2.60. The van der Waals surface area contributed by atoms with E-state index in [-0.39, 0.29) is 0 Å². The van der Waals surface area contributed by atoms with Crippen molar-refractivity contribution in [2.75, 3.05) is 6.61 Å². The average Bonchev–Trinajstić information content (AvgIpc) is 2.50. The molecule has 0 N–H and O–H groups in total. The third-order valence-corrected chi connectivity index (χ3v) is 2.60. The summed E-state index contributed by atoms with van der Waals surface area (Å²) in [7, 11) is 0. The molecule has 0 aliphatic carbocycles. The Balaban J connectivity index is 2.42. The van der Waals surface area contributed by atoms with Gasteiger partial charge in [-0.1, -0.05) is 48.5 Å². The first-order chi connectivity index (χ1) is 9.81. The molecule has 2 aromatic rings. The van der Waals surface area contributed by atoms with E-state index in [2.05, 4.69) is 10.9 Å². The molecule has 0 unspecified atom stereocenters. The summed E-state index contributed by atoms with van der Waals surface area (Å²) in [6, 6.07) is 18.6. The van der Waals surface area contributed by atoms with Crippen LogP contribution in [-0.4, -0.2) is 18.4 Å². The molecule has 3 heteroatoms. The fraction of sp³-hybridized carbons (Fsp3) is 0.118. The normalized spacial score (nSPS) is 9.45. The van der Waals surface area contributed by atoms with E-state index in [0.29, 0.717) is 12.2 Å². The maximum Gasteiger partial charge on any atom is 0.348 e. The first-order valence-electron chi connectivity index (χ1n) is 6.42. The van der Waals surface area contributed by atoms with Crippen LogP contribution in [0.3, 0.4) is 0 Å². The van der Waals surface area contributed by atoms with Gasteiger partial charge in [0.15, 0.2) is 0 Å². The van der Waals surface area contributed by atoms with E-state index in [1.807, 2.05) is 60.7 Å². The van der Waals surface area contributed by atoms with Crippen LogP contribution in [0.25, 0.3) is 5.57 Å². The monoisotopic (exact) mass is 265 g/mol. The van der Waals surface area contributed by atoms with Crippen LogP contribution >= 0.6 is 0 Å². The number of carbonyl (C=O) groups excluding carboxylic acids is 1. The molecule has 0 saturated carbocycles. The van der Waals surface area contributed by atoms with E-state index < -0.39 is 5.97 Å². The Labute approximate surface area is 118 Å². The highest BCUT2D eigenvalue weighted by Crippen LogP contribution is 2.14. The van der Waals surface area contributed by atoms with Crippen molar-refractivity contribution in [3.8, 4) is 0 Å². The molecule has 0 saturated heterocycles. The minimum atomic E-state index is -0.418. The summed E-state index contributed by atoms with van der Waals surface area (Å²) in [5.74, 6) is 2.39. The molecule has 0 amide bonds. The lowest BCUT2D eigenvalue weighted by atomic mass is 10.1. The van der Waals surface area contributed by atoms with Crippen molar-refractivity contribution in [1.29, 1.82) is 0 Å². The predicted molar refractivity (Wildman–Crippen MR) is 80.0 cm³/mol. The molecule has 20 heavy (non-hydrogen) atoms. The first-order valence-corrected chi connectivity index (χ1v) is 6.42. The Kier molecular flexibility index (Phi) is 4.87. The number of nitrogens with zero attached hydrogens (tertiary/aromatic N) is 1. The van der Waals surface area contributed by atoms with Gasteiger partial charge in [-0.3, -0.25) is 0 Å². The summed E-state index contributed by atoms with van der Waals surface area (Å²) < 4.78 is 5.05. The SMILES string of the molecule is CCOC(=O)C(=C=Nc1ccccc1)c1ccccc1. The van der Waals surface area contributed by atoms with Crippen LogP contribution in [0.1, 0.15) is 12.5 Å². The predicted octanol–water partition coefficient (Wildman–Crippen LogP) is 3.63. The summed E-state index contributed by atoms with van der Waals surface area (Å²) in [5, 5.41) is 0. The summed E-state index contributed by atoms with van der Waals surface area (Å²) in [5.41, 5.74) is 1.81. The second-order valence-corrected chi connectivity index (χ2v) is 4.02. The van der Waals surface area contributed by atoms with E-state index in [4.69, 9.17) is 4.74 Å². The highest BCUT2D eigenvalue weighted by molar-refractivity contribution is 6.26. The van der Waals surface area contributed by atoms with Gasteiger partial charge >= 0.3 is 5.97 Å². The van der Waals surface area contributed by atoms with Crippen molar-refractivity contribution >= 4 is 23.1 Å². The van der Waals surface area contributed by atoms with E-state index in [9.17, 15) is 4.79 Å². The van der Waals surface area contributed by atoms with Crippen LogP contribution in [0.15, 0.2) is 65.7 Å². The number of rotatable bonds is 4. The van der Waals surface area contributed by atoms with E-state index in [0.717, 1.165) is 11.3 Å². The fourth-order valence-electron chi connectivity index (χ4n) is 1.66. The molecule has 3 nitrogen and oxygen atoms in total. The molecule has 2 rings (SSSR count). The zero-order valence-electron chi connectivity index (χ0n) is 11.2. The molecule has 0 aliphatic heterocycles. The van der Waals surface area contributed by atoms with Crippen molar-refractivity contribution in [2.45, 2.75) is 6.92 Å². The lowest BCUT2D eigenvalue weighted by Crippen LogP contribution is -2.07. The van der Waals surface area contributed by atoms with Gasteiger partial charge in [-0.05, 0) is 24.6 Å². The largest absolute Gasteiger partial charge is 0.462 e. The average molecular weight is 265 g/mol. The van der Waals surface area contributed by atoms with E-state index in [1.165, 1.54) is 0 Å². The zero-order valence-corrected chi connectivity index (χ0v) is 11.2. The van der Waals surface area contributed by atoms with Crippen LogP contribution in [0.2, 0.25) is 0 Å². The summed E-state index contributed by atoms with van der Waals surface area (Å²) in [6.45, 7) is 2.09. The van der Waals surface area contributed by atoms with E-state index in [1.54, 1.807) is 6.92 Å². The number of ether oxygens (including phenoxy) is 1. The van der Waals surface area contributed by atoms with Crippen LogP contribution in [0.4, 0.5) is 5.69 Å². The lowest BCUT2D eigenvalue weighted by Gasteiger charge is -2.03. The molecule has 100 valence electrons. The van der Waals surface area contributed by atoms with Gasteiger partial charge in [-0.2, -0.15) is 0 Å². The van der Waals surface area contributed by atoms with Gasteiger partial charge in [0.25, 0.3) is 0 Å². The van der Waals surface area contributed by atoms with Gasteiger partial charge in [-0.25, -0.2) is 9.79 Å². The maximum absolute atomic E-state index is 12.0. The highest BCUT2D eigenvalue weighted by atomic mass is 16.5. The maximum atomic E-state index is 12.0. The van der Waals surface area contributed by atoms with Crippen molar-refractivity contribution < 1.29 is 9.53 Å². The topological polar surface area (TPSA) is 38.7 Å². The van der Waals surface area contributed by atoms with Crippen LogP contribution < -0.4 is 0 Å². The van der Waals surface area contributed by atoms with Crippen molar-refractivity contribution in [2.24, 2.45) is 4.99 Å². The molecule has 0 atom stereocenters. The molecule has 0 radical (unpaired) electrons. The second kappa shape index (κ2) is 7.07. The number of hydrogen-bond donors (Lipinski definition) is 0. The van der Waals surface area contributed by atoms with Gasteiger partial charge in [0.1, 0.15) is 5.57 Å². The Morgan fingerprint density at radius 3 is 2.25 bits per heavy atom. The first kappa shape index (κ1) is 13.8. The zero-order chi connectivity index (χ0) is 14.2. The van der Waals surface area contributed by atoms with Crippen molar-refractivity contribution in [1.82, 2.24) is 0 Å². The van der Waals surface area contributed by atoms with Gasteiger partial charge in [0, 0.05) is 5.87 Å². The van der Waals surface area contributed by atoms with Crippen LogP contribution in [-0.2, 0) is 9.53 Å². The minimum absolute atomic E-state index is 0.322. The minimum Gasteiger partial charge on any atom is -0.462 e. The van der Waals surface area contributed by atoms with Gasteiger partial charge in [-0.15, -0.1) is 0 Å². The molecule has 2 aromatic carbocycles. The molecule has 0 fully saturated rings. The molecular formula is C17H15NO2. The van der Waals surface area contributed by atoms with Gasteiger partial charge < -0.3 is 4.74 Å². The van der Waals surface area contributed by atoms with Crippen LogP contribution in [0, 0.1) is 0 Å². The summed E-state index contributed by atoms with van der Waals surface area (Å²) >= 11 is 0. The number of hydrogen-bond acceptors (Lipinski definition) is 3. The molecule has 0 bridgehead atoms. The Hall–Kier alpha value is -2.64.